The minimum Gasteiger partial charge on any atom is -0.254 e. The van der Waals surface area contributed by atoms with Crippen molar-refractivity contribution in [1.29, 1.82) is 0 Å². The van der Waals surface area contributed by atoms with Crippen molar-refractivity contribution in [2.75, 3.05) is 13.6 Å². The minimum atomic E-state index is -3.79. The van der Waals surface area contributed by atoms with Crippen LogP contribution in [0.25, 0.3) is 0 Å². The van der Waals surface area contributed by atoms with E-state index in [9.17, 15) is 8.42 Å². The highest BCUT2D eigenvalue weighted by atomic mass is 35.5. The predicted molar refractivity (Wildman–Crippen MR) is 84.1 cm³/mol. The van der Waals surface area contributed by atoms with Crippen molar-refractivity contribution in [3.63, 3.8) is 0 Å². The molecular formula is C13H17ClN4O2S. The molecule has 1 N–H and O–H groups in total. The number of aliphatic imine (C=N–C) groups is 1. The molecule has 1 unspecified atom stereocenters. The van der Waals surface area contributed by atoms with E-state index in [2.05, 4.69) is 21.7 Å². The number of hydrogen-bond acceptors (Lipinski definition) is 4. The van der Waals surface area contributed by atoms with Crippen molar-refractivity contribution in [2.24, 2.45) is 16.0 Å². The zero-order valence-electron chi connectivity index (χ0n) is 11.8. The van der Waals surface area contributed by atoms with Gasteiger partial charge in [-0.1, -0.05) is 30.7 Å². The summed E-state index contributed by atoms with van der Waals surface area (Å²) >= 11 is 5.94. The van der Waals surface area contributed by atoms with Crippen molar-refractivity contribution in [1.82, 2.24) is 9.73 Å². The molecule has 114 valence electrons. The second kappa shape index (κ2) is 6.44. The van der Waals surface area contributed by atoms with Crippen LogP contribution in [-0.4, -0.2) is 39.2 Å². The summed E-state index contributed by atoms with van der Waals surface area (Å²) in [6.07, 6.45) is 2.74. The molecule has 6 nitrogen and oxygen atoms in total. The molecule has 0 saturated heterocycles. The van der Waals surface area contributed by atoms with E-state index >= 15 is 0 Å². The average molecular weight is 329 g/mol. The number of nitrogens with zero attached hydrogens (tertiary/aromatic N) is 3. The Hall–Kier alpha value is -1.60. The van der Waals surface area contributed by atoms with Gasteiger partial charge in [-0.05, 0) is 18.6 Å². The Morgan fingerprint density at radius 3 is 2.81 bits per heavy atom. The fourth-order valence-electron chi connectivity index (χ4n) is 1.92. The van der Waals surface area contributed by atoms with Crippen molar-refractivity contribution < 1.29 is 8.42 Å². The highest BCUT2D eigenvalue weighted by Crippen LogP contribution is 2.20. The molecule has 0 bridgehead atoms. The molecule has 0 fully saturated rings. The van der Waals surface area contributed by atoms with Gasteiger partial charge in [-0.25, -0.2) is 18.1 Å². The van der Waals surface area contributed by atoms with E-state index in [-0.39, 0.29) is 15.9 Å². The Bertz CT molecular complexity index is 673. The molecule has 0 aromatic heterocycles. The van der Waals surface area contributed by atoms with Crippen molar-refractivity contribution >= 4 is 33.8 Å². The molecule has 0 amide bonds. The number of halogens is 1. The lowest BCUT2D eigenvalue weighted by molar-refractivity contribution is 0.430. The Morgan fingerprint density at radius 2 is 2.24 bits per heavy atom. The fourth-order valence-corrected chi connectivity index (χ4v) is 3.49. The fraction of sp³-hybridized carbons (Fsp3) is 0.385. The second-order valence-corrected chi connectivity index (χ2v) is 6.66. The molecule has 21 heavy (non-hydrogen) atoms. The van der Waals surface area contributed by atoms with Crippen LogP contribution in [0.15, 0.2) is 39.3 Å². The van der Waals surface area contributed by atoms with Gasteiger partial charge >= 0.3 is 0 Å². The molecule has 0 radical (unpaired) electrons. The predicted octanol–water partition coefficient (Wildman–Crippen LogP) is 1.93. The summed E-state index contributed by atoms with van der Waals surface area (Å²) in [4.78, 5) is 3.99. The normalized spacial score (nSPS) is 19.1. The monoisotopic (exact) mass is 328 g/mol. The zero-order chi connectivity index (χ0) is 15.5. The number of sulfonamides is 1. The van der Waals surface area contributed by atoms with Gasteiger partial charge in [0.1, 0.15) is 4.90 Å². The molecular weight excluding hydrogens is 312 g/mol. The van der Waals surface area contributed by atoms with Crippen LogP contribution in [0.1, 0.15) is 13.3 Å². The molecule has 1 aromatic carbocycles. The van der Waals surface area contributed by atoms with Crippen LogP contribution in [0.4, 0.5) is 0 Å². The lowest BCUT2D eigenvalue weighted by Gasteiger charge is -2.19. The van der Waals surface area contributed by atoms with Crippen LogP contribution in [0.2, 0.25) is 5.02 Å². The Labute approximate surface area is 129 Å². The van der Waals surface area contributed by atoms with Crippen molar-refractivity contribution in [3.05, 3.63) is 29.3 Å². The van der Waals surface area contributed by atoms with E-state index in [0.717, 1.165) is 6.42 Å². The van der Waals surface area contributed by atoms with Gasteiger partial charge < -0.3 is 0 Å². The molecule has 8 heteroatoms. The summed E-state index contributed by atoms with van der Waals surface area (Å²) in [6.45, 7) is 2.66. The summed E-state index contributed by atoms with van der Waals surface area (Å²) < 4.78 is 27.2. The average Bonchev–Trinajstić information content (AvgIpc) is 2.94. The molecule has 1 aromatic rings. The van der Waals surface area contributed by atoms with E-state index in [1.807, 2.05) is 0 Å². The van der Waals surface area contributed by atoms with Crippen LogP contribution in [-0.2, 0) is 10.0 Å². The summed E-state index contributed by atoms with van der Waals surface area (Å²) in [5, 5.41) is 5.88. The molecule has 1 aliphatic heterocycles. The first-order valence-corrected chi connectivity index (χ1v) is 8.39. The topological polar surface area (TPSA) is 74.1 Å². The summed E-state index contributed by atoms with van der Waals surface area (Å²) in [5.41, 5.74) is 0. The number of hydrazone groups is 1. The highest BCUT2D eigenvalue weighted by Gasteiger charge is 2.25. The molecule has 1 aliphatic rings. The maximum atomic E-state index is 12.4. The first-order chi connectivity index (χ1) is 9.97. The highest BCUT2D eigenvalue weighted by molar-refractivity contribution is 7.90. The van der Waals surface area contributed by atoms with E-state index in [4.69, 9.17) is 11.6 Å². The molecule has 1 heterocycles. The van der Waals surface area contributed by atoms with Crippen molar-refractivity contribution in [3.8, 4) is 0 Å². The van der Waals surface area contributed by atoms with Gasteiger partial charge in [-0.3, -0.25) is 4.99 Å². The molecule has 2 rings (SSSR count). The summed E-state index contributed by atoms with van der Waals surface area (Å²) in [6, 6.07) is 6.26. The van der Waals surface area contributed by atoms with Crippen LogP contribution in [0, 0.1) is 5.92 Å². The van der Waals surface area contributed by atoms with Gasteiger partial charge in [0.05, 0.1) is 11.6 Å². The Morgan fingerprint density at radius 1 is 1.52 bits per heavy atom. The third-order valence-electron chi connectivity index (χ3n) is 3.16. The Balaban J connectivity index is 2.20. The van der Waals surface area contributed by atoms with E-state index in [1.165, 1.54) is 19.2 Å². The maximum Gasteiger partial charge on any atom is 0.265 e. The lowest BCUT2D eigenvalue weighted by atomic mass is 10.1. The van der Waals surface area contributed by atoms with Gasteiger partial charge in [-0.2, -0.15) is 5.10 Å². The van der Waals surface area contributed by atoms with Gasteiger partial charge in [0, 0.05) is 19.2 Å². The largest absolute Gasteiger partial charge is 0.265 e. The van der Waals surface area contributed by atoms with Crippen LogP contribution < -0.4 is 4.72 Å². The number of rotatable bonds is 3. The third kappa shape index (κ3) is 3.54. The van der Waals surface area contributed by atoms with Crippen LogP contribution in [0.3, 0.4) is 0 Å². The minimum absolute atomic E-state index is 0.0167. The smallest absolute Gasteiger partial charge is 0.254 e. The maximum absolute atomic E-state index is 12.4. The standard InChI is InChI=1S/C13H17ClN4O2S/c1-3-10-8-16-18(9-10)13(15-2)17-21(19,20)12-7-5-4-6-11(12)14/h4-8,10H,3,9H2,1-2H3,(H,15,17). The lowest BCUT2D eigenvalue weighted by Crippen LogP contribution is -2.41. The SMILES string of the molecule is CCC1C=NN(C(=NC)NS(=O)(=O)c2ccccc2Cl)C1. The number of nitrogens with one attached hydrogen (secondary N) is 1. The summed E-state index contributed by atoms with van der Waals surface area (Å²) in [5.74, 6) is 0.480. The van der Waals surface area contributed by atoms with E-state index < -0.39 is 10.0 Å². The molecule has 1 atom stereocenters. The van der Waals surface area contributed by atoms with E-state index in [0.29, 0.717) is 12.5 Å². The molecule has 0 aliphatic carbocycles. The molecule has 0 spiro atoms. The first-order valence-electron chi connectivity index (χ1n) is 6.53. The van der Waals surface area contributed by atoms with Gasteiger partial charge in [0.15, 0.2) is 0 Å². The number of hydrogen-bond donors (Lipinski definition) is 1. The second-order valence-electron chi connectivity index (χ2n) is 4.60. The van der Waals surface area contributed by atoms with Crippen molar-refractivity contribution in [2.45, 2.75) is 18.2 Å². The van der Waals surface area contributed by atoms with Gasteiger partial charge in [0.2, 0.25) is 5.96 Å². The third-order valence-corrected chi connectivity index (χ3v) is 4.98. The van der Waals surface area contributed by atoms with Crippen LogP contribution in [0.5, 0.6) is 0 Å². The first kappa shape index (κ1) is 15.8. The quantitative estimate of drug-likeness (QED) is 0.680. The van der Waals surface area contributed by atoms with Crippen LogP contribution >= 0.6 is 11.6 Å². The zero-order valence-corrected chi connectivity index (χ0v) is 13.4. The van der Waals surface area contributed by atoms with E-state index in [1.54, 1.807) is 23.4 Å². The number of guanidine groups is 1. The summed E-state index contributed by atoms with van der Waals surface area (Å²) in [7, 11) is -2.28. The van der Waals surface area contributed by atoms with Gasteiger partial charge in [-0.15, -0.1) is 0 Å². The Kier molecular flexibility index (Phi) is 4.84. The number of benzene rings is 1. The molecule has 0 saturated carbocycles. The van der Waals surface area contributed by atoms with Gasteiger partial charge in [0.25, 0.3) is 10.0 Å².